The Balaban J connectivity index is 2.50. The predicted molar refractivity (Wildman–Crippen MR) is 62.3 cm³/mol. The third-order valence-electron chi connectivity index (χ3n) is 3.25. The number of hydrogen-bond donors (Lipinski definition) is 2. The van der Waals surface area contributed by atoms with Crippen LogP contribution in [0.25, 0.3) is 0 Å². The van der Waals surface area contributed by atoms with E-state index >= 15 is 0 Å². The lowest BCUT2D eigenvalue weighted by atomic mass is 10.0. The Bertz CT molecular complexity index is 192. The molecular formula is C11H24N2O3. The van der Waals surface area contributed by atoms with Crippen molar-refractivity contribution in [2.24, 2.45) is 5.73 Å². The molecular weight excluding hydrogens is 208 g/mol. The van der Waals surface area contributed by atoms with E-state index in [2.05, 4.69) is 4.90 Å². The lowest BCUT2D eigenvalue weighted by Crippen LogP contribution is -2.55. The van der Waals surface area contributed by atoms with Gasteiger partial charge in [0.2, 0.25) is 0 Å². The van der Waals surface area contributed by atoms with Crippen LogP contribution in [0, 0.1) is 0 Å². The van der Waals surface area contributed by atoms with E-state index in [0.717, 1.165) is 25.9 Å². The van der Waals surface area contributed by atoms with Gasteiger partial charge in [0.1, 0.15) is 0 Å². The van der Waals surface area contributed by atoms with Crippen molar-refractivity contribution in [3.05, 3.63) is 0 Å². The number of rotatable bonds is 6. The Kier molecular flexibility index (Phi) is 6.23. The predicted octanol–water partition coefficient (Wildman–Crippen LogP) is -0.568. The van der Waals surface area contributed by atoms with Gasteiger partial charge in [-0.2, -0.15) is 0 Å². The second kappa shape index (κ2) is 7.19. The maximum absolute atomic E-state index is 9.42. The number of likely N-dealkylation sites (tertiary alicyclic amines) is 1. The highest BCUT2D eigenvalue weighted by atomic mass is 16.5. The zero-order chi connectivity index (χ0) is 12.0. The van der Waals surface area contributed by atoms with Crippen molar-refractivity contribution in [1.29, 1.82) is 0 Å². The second-order valence-electron chi connectivity index (χ2n) is 4.36. The molecule has 3 unspecified atom stereocenters. The third kappa shape index (κ3) is 3.68. The van der Waals surface area contributed by atoms with E-state index in [1.165, 1.54) is 0 Å². The molecule has 1 aliphatic heterocycles. The highest BCUT2D eigenvalue weighted by Crippen LogP contribution is 2.16. The summed E-state index contributed by atoms with van der Waals surface area (Å²) in [7, 11) is 3.36. The minimum atomic E-state index is -0.148. The van der Waals surface area contributed by atoms with Gasteiger partial charge in [0, 0.05) is 26.8 Å². The lowest BCUT2D eigenvalue weighted by molar-refractivity contribution is -0.00952. The van der Waals surface area contributed by atoms with Crippen molar-refractivity contribution in [3.8, 4) is 0 Å². The van der Waals surface area contributed by atoms with Crippen LogP contribution in [0.3, 0.4) is 0 Å². The summed E-state index contributed by atoms with van der Waals surface area (Å²) >= 11 is 0. The molecule has 0 bridgehead atoms. The van der Waals surface area contributed by atoms with E-state index in [0.29, 0.717) is 6.61 Å². The molecule has 1 aliphatic rings. The van der Waals surface area contributed by atoms with Crippen LogP contribution in [0.2, 0.25) is 0 Å². The molecule has 0 aromatic carbocycles. The number of aliphatic hydroxyl groups excluding tert-OH is 1. The lowest BCUT2D eigenvalue weighted by Gasteiger charge is -2.39. The number of piperidine rings is 1. The molecule has 1 fully saturated rings. The summed E-state index contributed by atoms with van der Waals surface area (Å²) in [6, 6.07) is -0.177. The van der Waals surface area contributed by atoms with Crippen LogP contribution in [0.1, 0.15) is 12.8 Å². The smallest absolute Gasteiger partial charge is 0.0698 e. The summed E-state index contributed by atoms with van der Waals surface area (Å²) in [4.78, 5) is 2.21. The van der Waals surface area contributed by atoms with E-state index in [-0.39, 0.29) is 24.8 Å². The molecule has 3 N–H and O–H groups in total. The molecule has 0 amide bonds. The first kappa shape index (κ1) is 13.9. The molecule has 16 heavy (non-hydrogen) atoms. The summed E-state index contributed by atoms with van der Waals surface area (Å²) in [5.74, 6) is 0. The summed E-state index contributed by atoms with van der Waals surface area (Å²) in [5.41, 5.74) is 5.99. The van der Waals surface area contributed by atoms with Crippen LogP contribution in [-0.4, -0.2) is 68.7 Å². The van der Waals surface area contributed by atoms with Gasteiger partial charge in [0.15, 0.2) is 0 Å². The fraction of sp³-hybridized carbons (Fsp3) is 1.00. The Labute approximate surface area is 97.5 Å². The van der Waals surface area contributed by atoms with Gasteiger partial charge in [-0.1, -0.05) is 0 Å². The van der Waals surface area contributed by atoms with Crippen LogP contribution in [-0.2, 0) is 9.47 Å². The minimum Gasteiger partial charge on any atom is -0.395 e. The molecule has 0 aromatic rings. The number of nitrogens with two attached hydrogens (primary N) is 1. The molecule has 0 spiro atoms. The van der Waals surface area contributed by atoms with Crippen LogP contribution >= 0.6 is 0 Å². The number of nitrogens with zero attached hydrogens (tertiary/aromatic N) is 1. The van der Waals surface area contributed by atoms with Gasteiger partial charge in [-0.05, 0) is 19.4 Å². The number of aliphatic hydroxyl groups is 1. The van der Waals surface area contributed by atoms with E-state index in [4.69, 9.17) is 15.2 Å². The average molecular weight is 232 g/mol. The zero-order valence-electron chi connectivity index (χ0n) is 10.3. The molecule has 0 radical (unpaired) electrons. The van der Waals surface area contributed by atoms with Crippen molar-refractivity contribution in [2.75, 3.05) is 40.5 Å². The van der Waals surface area contributed by atoms with E-state index < -0.39 is 0 Å². The minimum absolute atomic E-state index is 0.0297. The summed E-state index contributed by atoms with van der Waals surface area (Å²) in [5, 5.41) is 9.42. The molecule has 3 atom stereocenters. The normalized spacial score (nSPS) is 26.6. The van der Waals surface area contributed by atoms with Crippen LogP contribution in [0.15, 0.2) is 0 Å². The van der Waals surface area contributed by atoms with Gasteiger partial charge < -0.3 is 20.3 Å². The number of hydrogen-bond acceptors (Lipinski definition) is 5. The largest absolute Gasteiger partial charge is 0.395 e. The second-order valence-corrected chi connectivity index (χ2v) is 4.36. The van der Waals surface area contributed by atoms with Crippen molar-refractivity contribution in [1.82, 2.24) is 4.90 Å². The molecule has 0 aromatic heterocycles. The van der Waals surface area contributed by atoms with Crippen molar-refractivity contribution in [2.45, 2.75) is 31.0 Å². The Hall–Kier alpha value is -0.200. The SMILES string of the molecule is COCC(N)C(CO)N1CCCC(OC)C1. The zero-order valence-corrected chi connectivity index (χ0v) is 10.3. The molecule has 0 aliphatic carbocycles. The standard InChI is InChI=1S/C11H24N2O3/c1-15-8-10(12)11(7-14)13-5-3-4-9(6-13)16-2/h9-11,14H,3-8,12H2,1-2H3. The monoisotopic (exact) mass is 232 g/mol. The van der Waals surface area contributed by atoms with Gasteiger partial charge in [0.25, 0.3) is 0 Å². The van der Waals surface area contributed by atoms with Gasteiger partial charge in [-0.15, -0.1) is 0 Å². The third-order valence-corrected chi connectivity index (χ3v) is 3.25. The average Bonchev–Trinajstić information content (AvgIpc) is 2.31. The maximum atomic E-state index is 9.42. The topological polar surface area (TPSA) is 68.0 Å². The highest BCUT2D eigenvalue weighted by molar-refractivity contribution is 4.85. The van der Waals surface area contributed by atoms with Crippen LogP contribution < -0.4 is 5.73 Å². The summed E-state index contributed by atoms with van der Waals surface area (Å²) < 4.78 is 10.4. The molecule has 1 heterocycles. The molecule has 96 valence electrons. The van der Waals surface area contributed by atoms with Crippen molar-refractivity contribution < 1.29 is 14.6 Å². The number of methoxy groups -OCH3 is 2. The fourth-order valence-corrected chi connectivity index (χ4v) is 2.28. The quantitative estimate of drug-likeness (QED) is 0.642. The van der Waals surface area contributed by atoms with Gasteiger partial charge in [0.05, 0.1) is 25.4 Å². The van der Waals surface area contributed by atoms with Gasteiger partial charge in [-0.25, -0.2) is 0 Å². The van der Waals surface area contributed by atoms with Crippen molar-refractivity contribution in [3.63, 3.8) is 0 Å². The van der Waals surface area contributed by atoms with Crippen molar-refractivity contribution >= 4 is 0 Å². The molecule has 1 saturated heterocycles. The Morgan fingerprint density at radius 2 is 2.25 bits per heavy atom. The van der Waals surface area contributed by atoms with Crippen LogP contribution in [0.4, 0.5) is 0 Å². The van der Waals surface area contributed by atoms with E-state index in [9.17, 15) is 5.11 Å². The molecule has 1 rings (SSSR count). The maximum Gasteiger partial charge on any atom is 0.0698 e. The fourth-order valence-electron chi connectivity index (χ4n) is 2.28. The van der Waals surface area contributed by atoms with E-state index in [1.807, 2.05) is 0 Å². The molecule has 0 saturated carbocycles. The van der Waals surface area contributed by atoms with E-state index in [1.54, 1.807) is 14.2 Å². The first-order valence-corrected chi connectivity index (χ1v) is 5.85. The van der Waals surface area contributed by atoms with Gasteiger partial charge >= 0.3 is 0 Å². The molecule has 5 nitrogen and oxygen atoms in total. The molecule has 5 heteroatoms. The first-order chi connectivity index (χ1) is 7.72. The Morgan fingerprint density at radius 1 is 1.50 bits per heavy atom. The van der Waals surface area contributed by atoms with Gasteiger partial charge in [-0.3, -0.25) is 4.90 Å². The Morgan fingerprint density at radius 3 is 2.81 bits per heavy atom. The first-order valence-electron chi connectivity index (χ1n) is 5.85. The summed E-state index contributed by atoms with van der Waals surface area (Å²) in [6.07, 6.45) is 2.44. The number of ether oxygens (including phenoxy) is 2. The van der Waals surface area contributed by atoms with Crippen LogP contribution in [0.5, 0.6) is 0 Å². The summed E-state index contributed by atoms with van der Waals surface area (Å²) in [6.45, 7) is 2.36. The highest BCUT2D eigenvalue weighted by Gasteiger charge is 2.29.